The molecule has 12 aromatic heterocycles. The Morgan fingerprint density at radius 1 is 0.525 bits per heavy atom. The quantitative estimate of drug-likeness (QED) is 0.0673. The fourth-order valence-corrected chi connectivity index (χ4v) is 17.4. The molecule has 0 bridgehead atoms. The molecule has 5 aliphatic heterocycles. The highest BCUT2D eigenvalue weighted by Gasteiger charge is 2.26. The number of rotatable bonds is 18. The largest absolute Gasteiger partial charge is 0.493 e. The summed E-state index contributed by atoms with van der Waals surface area (Å²) in [5.41, 5.74) is 17.5. The molecule has 17 heterocycles. The van der Waals surface area contributed by atoms with Crippen molar-refractivity contribution in [2.45, 2.75) is 89.9 Å². The molecule has 5 aliphatic rings. The van der Waals surface area contributed by atoms with Gasteiger partial charge >= 0.3 is 0 Å². The summed E-state index contributed by atoms with van der Waals surface area (Å²) in [5.74, 6) is 3.72. The van der Waals surface area contributed by atoms with Gasteiger partial charge in [-0.15, -0.1) is 0 Å². The topological polar surface area (TPSA) is 276 Å². The molecule has 19 rings (SSSR count). The van der Waals surface area contributed by atoms with Gasteiger partial charge in [0, 0.05) is 154 Å². The number of methoxy groups -OCH3 is 2. The third kappa shape index (κ3) is 19.5. The second kappa shape index (κ2) is 37.7. The van der Waals surface area contributed by atoms with Crippen molar-refractivity contribution >= 4 is 62.0 Å². The number of allylic oxidation sites excluding steroid dienone is 2. The average Bonchev–Trinajstić information content (AvgIpc) is 1.74. The van der Waals surface area contributed by atoms with Gasteiger partial charge in [-0.1, -0.05) is 37.3 Å². The number of ether oxygens (including phenoxy) is 2. The molecule has 2 aromatic carbocycles. The minimum Gasteiger partial charge on any atom is -0.493 e. The van der Waals surface area contributed by atoms with Gasteiger partial charge in [-0.3, -0.25) is 46.4 Å². The monoisotopic (exact) mass is 1640 g/mol. The van der Waals surface area contributed by atoms with Crippen molar-refractivity contribution in [3.63, 3.8) is 0 Å². The van der Waals surface area contributed by atoms with E-state index in [0.717, 1.165) is 159 Å². The molecule has 122 heavy (non-hydrogen) atoms. The van der Waals surface area contributed by atoms with Gasteiger partial charge in [0.1, 0.15) is 34.1 Å². The molecule has 3 N–H and O–H groups in total. The SMILES string of the molecule is C=C(/C=C\c1ncc(C)[nH]1)c1cc(=O)n2cc(C3=CCN(CCO)CC3)ccc2n1.CN1CCC(c2ccc3nc(-c4ccc5nn(C)cc5c4)cc(=O)n3c2)CC1.COc1ccc(-c2cc(=O)n3cc(N4CCC(CN5CCCCC5)CC4)ccc3n2)cc1OC.Cc1cn2cc(-c3cc(=O)n4cc(C5CCN(CCO)CC5)ccc4n3)ccc2n1. The summed E-state index contributed by atoms with van der Waals surface area (Å²) < 4.78 is 21.0. The number of β-amino-alcohol motifs (C(OH)–C–C–N with tert-alkyl or cyclic N) is 2. The molecule has 630 valence electrons. The zero-order valence-electron chi connectivity index (χ0n) is 70.4. The number of hydrogen-bond acceptors (Lipinski definition) is 20. The number of aliphatic hydroxyl groups is 2. The molecule has 14 aromatic rings. The molecule has 4 fully saturated rings. The number of fused-ring (bicyclic) bond motifs is 6. The van der Waals surface area contributed by atoms with Crippen LogP contribution in [0, 0.1) is 19.8 Å². The highest BCUT2D eigenvalue weighted by molar-refractivity contribution is 5.84. The van der Waals surface area contributed by atoms with Crippen LogP contribution >= 0.6 is 0 Å². The standard InChI is InChI=1S/C27H34N4O3.2C23H25N5O2.C22H23N5O/c1-33-24-8-6-21(16-25(24)34-2)23-17-27(32)31-19-22(7-9-26(31)28-23)30-14-10-20(11-15-30)18-29-12-4-3-5-13-29;1-16-13-27-14-19(3-4-21(27)24-16)20-12-23(30)28-15-18(2-5-22(28)25-20)17-6-8-26(9-7-17)10-11-29;1-16(3-5-21-24-14-17(2)25-21)20-13-23(30)28-15-19(4-6-22(28)26-20)18-7-9-27(10-8-18)11-12-29;1-25-9-7-15(8-10-25)17-4-6-21-23-20(12-22(28)27(21)14-17)16-3-5-19-18(11-16)13-26(2)24-19/h6-9,16-17,19-20H,3-5,10-15,18H2,1-2H3;2-5,12-15,17,29H,6-11H2,1H3;3-7,13-15,29H,1,8-12H2,2H3,(H,24,25);3-6,11-15H,7-10H2,1-2H3/b;;5-3-;. The Morgan fingerprint density at radius 2 is 1.10 bits per heavy atom. The maximum atomic E-state index is 13.0. The fourth-order valence-electron chi connectivity index (χ4n) is 17.4. The molecule has 0 radical (unpaired) electrons. The lowest BCUT2D eigenvalue weighted by atomic mass is 9.90. The van der Waals surface area contributed by atoms with Crippen LogP contribution in [0.25, 0.3) is 90.1 Å². The summed E-state index contributed by atoms with van der Waals surface area (Å²) in [6, 6.07) is 37.8. The molecule has 0 spiro atoms. The molecule has 27 nitrogen and oxygen atoms in total. The zero-order valence-corrected chi connectivity index (χ0v) is 70.4. The van der Waals surface area contributed by atoms with Crippen molar-refractivity contribution < 1.29 is 19.7 Å². The lowest BCUT2D eigenvalue weighted by molar-refractivity contribution is 0.164. The number of piperidine rings is 4. The second-order valence-electron chi connectivity index (χ2n) is 32.8. The van der Waals surface area contributed by atoms with Gasteiger partial charge in [-0.05, 0) is 255 Å². The molecule has 0 aliphatic carbocycles. The number of hydrogen-bond donors (Lipinski definition) is 3. The molecule has 27 heteroatoms. The predicted octanol–water partition coefficient (Wildman–Crippen LogP) is 12.2. The van der Waals surface area contributed by atoms with Crippen molar-refractivity contribution in [3.05, 3.63) is 271 Å². The van der Waals surface area contributed by atoms with Crippen molar-refractivity contribution in [3.8, 4) is 45.3 Å². The number of aromatic nitrogens is 14. The van der Waals surface area contributed by atoms with Gasteiger partial charge in [-0.2, -0.15) is 5.10 Å². The van der Waals surface area contributed by atoms with E-state index in [9.17, 15) is 19.2 Å². The van der Waals surface area contributed by atoms with E-state index >= 15 is 0 Å². The van der Waals surface area contributed by atoms with E-state index in [-0.39, 0.29) is 35.5 Å². The van der Waals surface area contributed by atoms with Crippen LogP contribution < -0.4 is 36.6 Å². The van der Waals surface area contributed by atoms with Crippen LogP contribution in [0.5, 0.6) is 11.5 Å². The van der Waals surface area contributed by atoms with Crippen LogP contribution in [0.15, 0.2) is 209 Å². The third-order valence-electron chi connectivity index (χ3n) is 24.3. The van der Waals surface area contributed by atoms with E-state index in [1.165, 1.54) is 74.5 Å². The van der Waals surface area contributed by atoms with Crippen LogP contribution in [0.2, 0.25) is 0 Å². The highest BCUT2D eigenvalue weighted by Crippen LogP contribution is 2.35. The Hall–Kier alpha value is -12.4. The molecule has 0 unspecified atom stereocenters. The number of imidazole rings is 2. The summed E-state index contributed by atoms with van der Waals surface area (Å²) in [6.45, 7) is 21.5. The van der Waals surface area contributed by atoms with Gasteiger partial charge in [0.15, 0.2) is 11.5 Å². The van der Waals surface area contributed by atoms with E-state index in [2.05, 4.69) is 87.4 Å². The first-order valence-corrected chi connectivity index (χ1v) is 42.5. The van der Waals surface area contributed by atoms with Crippen molar-refractivity contribution in [1.82, 2.24) is 86.3 Å². The summed E-state index contributed by atoms with van der Waals surface area (Å²) in [4.78, 5) is 94.0. The maximum absolute atomic E-state index is 13.0. The van der Waals surface area contributed by atoms with E-state index in [4.69, 9.17) is 34.6 Å². The van der Waals surface area contributed by atoms with E-state index in [1.54, 1.807) is 67.0 Å². The first-order valence-electron chi connectivity index (χ1n) is 42.5. The fraction of sp³-hybridized carbons (Fsp3) is 0.358. The Labute approximate surface area is 707 Å². The first-order chi connectivity index (χ1) is 59.3. The van der Waals surface area contributed by atoms with Crippen LogP contribution in [0.3, 0.4) is 0 Å². The number of H-pyrrole nitrogens is 1. The van der Waals surface area contributed by atoms with Gasteiger partial charge in [-0.25, -0.2) is 29.9 Å². The summed E-state index contributed by atoms with van der Waals surface area (Å²) in [5, 5.41) is 23.6. The lowest BCUT2D eigenvalue weighted by Gasteiger charge is -2.37. The minimum absolute atomic E-state index is 0.0407. The first kappa shape index (κ1) is 83.3. The predicted molar refractivity (Wildman–Crippen MR) is 481 cm³/mol. The van der Waals surface area contributed by atoms with E-state index in [1.807, 2.05) is 154 Å². The van der Waals surface area contributed by atoms with Gasteiger partial charge in [0.25, 0.3) is 22.2 Å². The number of nitrogens with zero attached hydrogens (tertiary/aromatic N) is 18. The van der Waals surface area contributed by atoms with E-state index < -0.39 is 0 Å². The number of nitrogens with one attached hydrogen (secondary N) is 1. The van der Waals surface area contributed by atoms with Gasteiger partial charge in [0.2, 0.25) is 0 Å². The van der Waals surface area contributed by atoms with Crippen molar-refractivity contribution in [2.24, 2.45) is 13.0 Å². The normalized spacial score (nSPS) is 16.3. The molecular weight excluding hydrogens is 1540 g/mol. The van der Waals surface area contributed by atoms with Crippen molar-refractivity contribution in [1.29, 1.82) is 0 Å². The average molecular weight is 1640 g/mol. The van der Waals surface area contributed by atoms with Crippen LogP contribution in [-0.2, 0) is 7.05 Å². The number of pyridine rings is 5. The number of likely N-dealkylation sites (tertiary alicyclic amines) is 3. The lowest BCUT2D eigenvalue weighted by Crippen LogP contribution is -2.40. The highest BCUT2D eigenvalue weighted by atomic mass is 16.5. The van der Waals surface area contributed by atoms with Gasteiger partial charge in [0.05, 0.1) is 67.1 Å². The smallest absolute Gasteiger partial charge is 0.258 e. The number of benzene rings is 2. The zero-order chi connectivity index (χ0) is 84.5. The Bertz CT molecular complexity index is 6440. The molecule has 4 saturated heterocycles. The molecule has 0 amide bonds. The number of aromatic amines is 1. The Balaban J connectivity index is 0.000000121. The van der Waals surface area contributed by atoms with Gasteiger partial charge < -0.3 is 48.7 Å². The minimum atomic E-state index is -0.140. The van der Waals surface area contributed by atoms with Crippen molar-refractivity contribution in [2.75, 3.05) is 124 Å². The third-order valence-corrected chi connectivity index (χ3v) is 24.3. The van der Waals surface area contributed by atoms with Crippen LogP contribution in [0.1, 0.15) is 116 Å². The molecular formula is C95H107N19O8. The number of aryl methyl sites for hydroxylation is 3. The second-order valence-corrected chi connectivity index (χ2v) is 32.8. The number of aliphatic hydroxyl groups excluding tert-OH is 2. The molecule has 0 atom stereocenters. The summed E-state index contributed by atoms with van der Waals surface area (Å²) in [6.07, 6.45) is 32.9. The molecule has 0 saturated carbocycles. The number of anilines is 1. The maximum Gasteiger partial charge on any atom is 0.258 e. The summed E-state index contributed by atoms with van der Waals surface area (Å²) >= 11 is 0. The van der Waals surface area contributed by atoms with Crippen LogP contribution in [-0.4, -0.2) is 216 Å². The Kier molecular flexibility index (Phi) is 25.8. The summed E-state index contributed by atoms with van der Waals surface area (Å²) in [7, 11) is 7.27. The van der Waals surface area contributed by atoms with Crippen LogP contribution in [0.4, 0.5) is 5.69 Å². The Morgan fingerprint density at radius 3 is 1.74 bits per heavy atom. The van der Waals surface area contributed by atoms with E-state index in [0.29, 0.717) is 80.8 Å².